The molecule has 0 aromatic heterocycles. The highest BCUT2D eigenvalue weighted by Crippen LogP contribution is 2.52. The summed E-state index contributed by atoms with van der Waals surface area (Å²) in [6.45, 7) is 4.63. The van der Waals surface area contributed by atoms with E-state index in [2.05, 4.69) is 123 Å². The molecule has 0 unspecified atom stereocenters. The van der Waals surface area contributed by atoms with Crippen LogP contribution in [0, 0.1) is 0 Å². The molecule has 0 amide bonds. The molecule has 0 spiro atoms. The van der Waals surface area contributed by atoms with Crippen LogP contribution >= 0.6 is 11.6 Å². The molecule has 1 aliphatic carbocycles. The summed E-state index contributed by atoms with van der Waals surface area (Å²) in [6.07, 6.45) is 0. The molecule has 0 fully saturated rings. The summed E-state index contributed by atoms with van der Waals surface area (Å²) in [5.41, 5.74) is 12.4. The van der Waals surface area contributed by atoms with Crippen molar-refractivity contribution in [3.8, 4) is 44.5 Å². The molecule has 0 saturated heterocycles. The van der Waals surface area contributed by atoms with Crippen LogP contribution in [0.3, 0.4) is 0 Å². The Morgan fingerprint density at radius 1 is 0.471 bits per heavy atom. The van der Waals surface area contributed by atoms with Crippen LogP contribution in [0.5, 0.6) is 0 Å². The lowest BCUT2D eigenvalue weighted by molar-refractivity contribution is 0.660. The van der Waals surface area contributed by atoms with E-state index in [1.165, 1.54) is 50.1 Å². The molecule has 1 heteroatoms. The largest absolute Gasteiger partial charge is 0.0837 e. The highest BCUT2D eigenvalue weighted by molar-refractivity contribution is 6.33. The Bertz CT molecular complexity index is 1530. The van der Waals surface area contributed by atoms with Crippen LogP contribution in [-0.4, -0.2) is 0 Å². The van der Waals surface area contributed by atoms with Gasteiger partial charge in [-0.3, -0.25) is 0 Å². The fourth-order valence-electron chi connectivity index (χ4n) is 5.40. The Hall–Kier alpha value is -3.61. The van der Waals surface area contributed by atoms with Crippen LogP contribution in [-0.2, 0) is 5.41 Å². The molecule has 0 aliphatic heterocycles. The van der Waals surface area contributed by atoms with E-state index < -0.39 is 0 Å². The summed E-state index contributed by atoms with van der Waals surface area (Å²) in [5.74, 6) is 0. The monoisotopic (exact) mass is 456 g/mol. The molecule has 5 aromatic carbocycles. The summed E-state index contributed by atoms with van der Waals surface area (Å²) in [6, 6.07) is 41.1. The van der Waals surface area contributed by atoms with Crippen molar-refractivity contribution in [3.63, 3.8) is 0 Å². The number of hydrogen-bond donors (Lipinski definition) is 0. The van der Waals surface area contributed by atoms with Gasteiger partial charge in [0.05, 0.1) is 0 Å². The summed E-state index contributed by atoms with van der Waals surface area (Å²) in [4.78, 5) is 0. The highest BCUT2D eigenvalue weighted by Gasteiger charge is 2.36. The van der Waals surface area contributed by atoms with E-state index in [0.717, 1.165) is 10.6 Å². The number of halogens is 1. The minimum Gasteiger partial charge on any atom is -0.0837 e. The zero-order valence-corrected chi connectivity index (χ0v) is 20.1. The average molecular weight is 457 g/mol. The van der Waals surface area contributed by atoms with Gasteiger partial charge in [0.15, 0.2) is 0 Å². The van der Waals surface area contributed by atoms with Gasteiger partial charge in [-0.2, -0.15) is 0 Å². The maximum atomic E-state index is 6.85. The van der Waals surface area contributed by atoms with Gasteiger partial charge in [-0.05, 0) is 68.3 Å². The quantitative estimate of drug-likeness (QED) is 0.253. The lowest BCUT2D eigenvalue weighted by Crippen LogP contribution is -2.14. The third-order valence-corrected chi connectivity index (χ3v) is 7.50. The maximum absolute atomic E-state index is 6.85. The van der Waals surface area contributed by atoms with Gasteiger partial charge in [0.25, 0.3) is 0 Å². The zero-order valence-electron chi connectivity index (χ0n) is 19.3. The molecule has 0 bridgehead atoms. The van der Waals surface area contributed by atoms with Gasteiger partial charge < -0.3 is 0 Å². The second kappa shape index (κ2) is 8.01. The molecule has 1 aliphatic rings. The van der Waals surface area contributed by atoms with Crippen LogP contribution in [0.25, 0.3) is 44.5 Å². The number of benzene rings is 5. The van der Waals surface area contributed by atoms with Crippen molar-refractivity contribution >= 4 is 11.6 Å². The first-order valence-electron chi connectivity index (χ1n) is 11.7. The third kappa shape index (κ3) is 3.30. The molecule has 0 radical (unpaired) electrons. The van der Waals surface area contributed by atoms with Gasteiger partial charge in [0.1, 0.15) is 0 Å². The van der Waals surface area contributed by atoms with Crippen LogP contribution in [0.2, 0.25) is 5.02 Å². The van der Waals surface area contributed by atoms with Crippen molar-refractivity contribution in [2.24, 2.45) is 0 Å². The first kappa shape index (κ1) is 21.0. The van der Waals surface area contributed by atoms with Gasteiger partial charge in [0.2, 0.25) is 0 Å². The maximum Gasteiger partial charge on any atom is 0.0485 e. The molecule has 164 valence electrons. The van der Waals surface area contributed by atoms with E-state index in [-0.39, 0.29) is 5.41 Å². The van der Waals surface area contributed by atoms with Crippen molar-refractivity contribution in [2.45, 2.75) is 19.3 Å². The molecular formula is C33H25Cl. The van der Waals surface area contributed by atoms with Crippen molar-refractivity contribution in [2.75, 3.05) is 0 Å². The van der Waals surface area contributed by atoms with Gasteiger partial charge >= 0.3 is 0 Å². The molecular weight excluding hydrogens is 432 g/mol. The molecule has 0 atom stereocenters. The Kier molecular flexibility index (Phi) is 4.94. The van der Waals surface area contributed by atoms with Crippen LogP contribution in [0.1, 0.15) is 25.0 Å². The first-order chi connectivity index (χ1) is 16.5. The van der Waals surface area contributed by atoms with Crippen molar-refractivity contribution in [3.05, 3.63) is 131 Å². The van der Waals surface area contributed by atoms with Crippen molar-refractivity contribution < 1.29 is 0 Å². The van der Waals surface area contributed by atoms with Gasteiger partial charge in [-0.15, -0.1) is 0 Å². The molecule has 6 rings (SSSR count). The number of hydrogen-bond acceptors (Lipinski definition) is 0. The van der Waals surface area contributed by atoms with Crippen molar-refractivity contribution in [1.29, 1.82) is 0 Å². The fourth-order valence-corrected chi connectivity index (χ4v) is 5.62. The van der Waals surface area contributed by atoms with E-state index in [1.807, 2.05) is 6.07 Å². The number of rotatable bonds is 3. The lowest BCUT2D eigenvalue weighted by Gasteiger charge is -2.21. The Balaban J connectivity index is 1.52. The Morgan fingerprint density at radius 2 is 1.06 bits per heavy atom. The second-order valence-corrected chi connectivity index (χ2v) is 9.95. The molecule has 5 aromatic rings. The predicted molar refractivity (Wildman–Crippen MR) is 145 cm³/mol. The summed E-state index contributed by atoms with van der Waals surface area (Å²) in [7, 11) is 0. The molecule has 0 saturated carbocycles. The van der Waals surface area contributed by atoms with E-state index in [4.69, 9.17) is 11.6 Å². The fraction of sp³-hybridized carbons (Fsp3) is 0.0909. The van der Waals surface area contributed by atoms with E-state index >= 15 is 0 Å². The summed E-state index contributed by atoms with van der Waals surface area (Å²) >= 11 is 6.85. The molecule has 34 heavy (non-hydrogen) atoms. The Morgan fingerprint density at radius 3 is 1.88 bits per heavy atom. The molecule has 0 heterocycles. The minimum absolute atomic E-state index is 0.0317. The van der Waals surface area contributed by atoms with Gasteiger partial charge in [-0.25, -0.2) is 0 Å². The highest BCUT2D eigenvalue weighted by atomic mass is 35.5. The van der Waals surface area contributed by atoms with E-state index in [1.54, 1.807) is 0 Å². The average Bonchev–Trinajstić information content (AvgIpc) is 3.12. The standard InChI is InChI=1S/C33H25Cl/c1-33(2)29-16-7-6-14-27(29)32-26(15-9-17-30(32)33)28-21-25(18-19-31(28)34)24-13-8-12-23(20-24)22-10-4-3-5-11-22/h3-21H,1-2H3. The predicted octanol–water partition coefficient (Wildman–Crippen LogP) is 9.65. The number of fused-ring (bicyclic) bond motifs is 3. The summed E-state index contributed by atoms with van der Waals surface area (Å²) in [5, 5.41) is 0.776. The van der Waals surface area contributed by atoms with E-state index in [9.17, 15) is 0 Å². The third-order valence-electron chi connectivity index (χ3n) is 7.17. The first-order valence-corrected chi connectivity index (χ1v) is 12.1. The molecule has 0 N–H and O–H groups in total. The smallest absolute Gasteiger partial charge is 0.0485 e. The Labute approximate surface area is 206 Å². The topological polar surface area (TPSA) is 0 Å². The van der Waals surface area contributed by atoms with Crippen LogP contribution in [0.4, 0.5) is 0 Å². The van der Waals surface area contributed by atoms with E-state index in [0.29, 0.717) is 0 Å². The molecule has 0 nitrogen and oxygen atoms in total. The van der Waals surface area contributed by atoms with Crippen molar-refractivity contribution in [1.82, 2.24) is 0 Å². The second-order valence-electron chi connectivity index (χ2n) is 9.54. The SMILES string of the molecule is CC1(C)c2ccccc2-c2c(-c3cc(-c4cccc(-c5ccccc5)c4)ccc3Cl)cccc21. The zero-order chi connectivity index (χ0) is 23.3. The minimum atomic E-state index is -0.0317. The van der Waals surface area contributed by atoms with Gasteiger partial charge in [-0.1, -0.05) is 123 Å². The van der Waals surface area contributed by atoms with Gasteiger partial charge in [0, 0.05) is 16.0 Å². The lowest BCUT2D eigenvalue weighted by atomic mass is 9.82. The van der Waals surface area contributed by atoms with Crippen LogP contribution < -0.4 is 0 Å². The summed E-state index contributed by atoms with van der Waals surface area (Å²) < 4.78 is 0. The van der Waals surface area contributed by atoms with Crippen LogP contribution in [0.15, 0.2) is 115 Å². The normalized spacial score (nSPS) is 13.4.